The summed E-state index contributed by atoms with van der Waals surface area (Å²) in [5, 5.41) is 4.66. The van der Waals surface area contributed by atoms with Crippen LogP contribution >= 0.6 is 0 Å². The van der Waals surface area contributed by atoms with Gasteiger partial charge >= 0.3 is 0 Å². The average molecular weight is 352 g/mol. The van der Waals surface area contributed by atoms with Crippen molar-refractivity contribution in [1.29, 1.82) is 0 Å². The molecule has 130 valence electrons. The van der Waals surface area contributed by atoms with E-state index in [1.165, 1.54) is 0 Å². The Morgan fingerprint density at radius 3 is 2.32 bits per heavy atom. The first kappa shape index (κ1) is 16.9. The molecule has 1 aliphatic rings. The molecule has 1 aliphatic heterocycles. The standard InChI is InChI=1S/C17H12F4N2O2/c18-9-1-2-14(13(21)6-9)23-17(25)15-12(7-22-16(15)24)8-3-10(19)5-11(20)4-8/h1-6,12,15H,7H2,(H,22,24)(H,23,25). The number of hydrogen-bond acceptors (Lipinski definition) is 2. The monoisotopic (exact) mass is 352 g/mol. The summed E-state index contributed by atoms with van der Waals surface area (Å²) in [6, 6.07) is 5.30. The number of rotatable bonds is 3. The van der Waals surface area contributed by atoms with Crippen LogP contribution in [0, 0.1) is 29.2 Å². The fourth-order valence-electron chi connectivity index (χ4n) is 2.82. The number of anilines is 1. The van der Waals surface area contributed by atoms with Gasteiger partial charge in [-0.05, 0) is 29.8 Å². The number of amides is 2. The summed E-state index contributed by atoms with van der Waals surface area (Å²) in [6.45, 7) is 0.00567. The topological polar surface area (TPSA) is 58.2 Å². The quantitative estimate of drug-likeness (QED) is 0.659. The van der Waals surface area contributed by atoms with Crippen molar-refractivity contribution in [2.75, 3.05) is 11.9 Å². The molecule has 2 unspecified atom stereocenters. The van der Waals surface area contributed by atoms with Crippen LogP contribution in [-0.4, -0.2) is 18.4 Å². The summed E-state index contributed by atoms with van der Waals surface area (Å²) < 4.78 is 53.4. The SMILES string of the molecule is O=C1NCC(c2cc(F)cc(F)c2)C1C(=O)Nc1ccc(F)cc1F. The lowest BCUT2D eigenvalue weighted by Crippen LogP contribution is -2.32. The van der Waals surface area contributed by atoms with Crippen molar-refractivity contribution in [3.63, 3.8) is 0 Å². The van der Waals surface area contributed by atoms with Crippen molar-refractivity contribution in [2.24, 2.45) is 5.92 Å². The van der Waals surface area contributed by atoms with E-state index in [4.69, 9.17) is 0 Å². The summed E-state index contributed by atoms with van der Waals surface area (Å²) in [6.07, 6.45) is 0. The molecule has 1 fully saturated rings. The molecule has 3 rings (SSSR count). The zero-order valence-electron chi connectivity index (χ0n) is 12.7. The van der Waals surface area contributed by atoms with Gasteiger partial charge in [0.25, 0.3) is 0 Å². The molecule has 1 saturated heterocycles. The Morgan fingerprint density at radius 2 is 1.68 bits per heavy atom. The van der Waals surface area contributed by atoms with Gasteiger partial charge in [0.05, 0.1) is 5.69 Å². The third-order valence-electron chi connectivity index (χ3n) is 3.97. The van der Waals surface area contributed by atoms with E-state index in [1.54, 1.807) is 0 Å². The molecular weight excluding hydrogens is 340 g/mol. The van der Waals surface area contributed by atoms with Crippen molar-refractivity contribution < 1.29 is 27.2 Å². The molecular formula is C17H12F4N2O2. The maximum absolute atomic E-state index is 13.7. The minimum absolute atomic E-state index is 0.00567. The minimum Gasteiger partial charge on any atom is -0.355 e. The molecule has 2 aromatic carbocycles. The lowest BCUT2D eigenvalue weighted by molar-refractivity contribution is -0.130. The van der Waals surface area contributed by atoms with E-state index in [9.17, 15) is 27.2 Å². The maximum atomic E-state index is 13.7. The summed E-state index contributed by atoms with van der Waals surface area (Å²) in [7, 11) is 0. The summed E-state index contributed by atoms with van der Waals surface area (Å²) in [4.78, 5) is 24.4. The molecule has 0 aromatic heterocycles. The van der Waals surface area contributed by atoms with Gasteiger partial charge in [0.1, 0.15) is 29.2 Å². The van der Waals surface area contributed by atoms with Crippen LogP contribution in [0.4, 0.5) is 23.2 Å². The first-order chi connectivity index (χ1) is 11.8. The largest absolute Gasteiger partial charge is 0.355 e. The van der Waals surface area contributed by atoms with Crippen molar-refractivity contribution >= 4 is 17.5 Å². The van der Waals surface area contributed by atoms with Gasteiger partial charge in [-0.2, -0.15) is 0 Å². The van der Waals surface area contributed by atoms with Crippen LogP contribution < -0.4 is 10.6 Å². The molecule has 4 nitrogen and oxygen atoms in total. The highest BCUT2D eigenvalue weighted by atomic mass is 19.1. The third-order valence-corrected chi connectivity index (χ3v) is 3.97. The highest BCUT2D eigenvalue weighted by Gasteiger charge is 2.41. The molecule has 0 bridgehead atoms. The van der Waals surface area contributed by atoms with Crippen molar-refractivity contribution in [3.05, 3.63) is 65.2 Å². The molecule has 2 amide bonds. The van der Waals surface area contributed by atoms with Gasteiger partial charge in [0, 0.05) is 24.6 Å². The molecule has 0 saturated carbocycles. The minimum atomic E-state index is -1.30. The number of halogens is 4. The van der Waals surface area contributed by atoms with Gasteiger partial charge in [0.15, 0.2) is 0 Å². The molecule has 25 heavy (non-hydrogen) atoms. The van der Waals surface area contributed by atoms with Crippen LogP contribution in [-0.2, 0) is 9.59 Å². The predicted molar refractivity (Wildman–Crippen MR) is 80.6 cm³/mol. The normalized spacial score (nSPS) is 19.6. The molecule has 0 spiro atoms. The number of carbonyl (C=O) groups excluding carboxylic acids is 2. The molecule has 0 aliphatic carbocycles. The maximum Gasteiger partial charge on any atom is 0.237 e. The van der Waals surface area contributed by atoms with E-state index in [2.05, 4.69) is 10.6 Å². The van der Waals surface area contributed by atoms with E-state index < -0.39 is 46.9 Å². The van der Waals surface area contributed by atoms with E-state index in [-0.39, 0.29) is 17.8 Å². The Bertz CT molecular complexity index is 836. The fraction of sp³-hybridized carbons (Fsp3) is 0.176. The Kier molecular flexibility index (Phi) is 4.43. The van der Waals surface area contributed by atoms with Gasteiger partial charge in [-0.15, -0.1) is 0 Å². The highest BCUT2D eigenvalue weighted by molar-refractivity contribution is 6.08. The van der Waals surface area contributed by atoms with Gasteiger partial charge in [-0.25, -0.2) is 17.6 Å². The number of nitrogens with one attached hydrogen (secondary N) is 2. The van der Waals surface area contributed by atoms with Gasteiger partial charge in [-0.3, -0.25) is 9.59 Å². The van der Waals surface area contributed by atoms with Crippen LogP contribution in [0.1, 0.15) is 11.5 Å². The first-order valence-corrected chi connectivity index (χ1v) is 7.35. The second-order valence-corrected chi connectivity index (χ2v) is 5.65. The van der Waals surface area contributed by atoms with E-state index in [0.717, 1.165) is 24.3 Å². The highest BCUT2D eigenvalue weighted by Crippen LogP contribution is 2.31. The van der Waals surface area contributed by atoms with E-state index in [0.29, 0.717) is 12.1 Å². The second-order valence-electron chi connectivity index (χ2n) is 5.65. The van der Waals surface area contributed by atoms with Gasteiger partial charge in [0.2, 0.25) is 11.8 Å². The smallest absolute Gasteiger partial charge is 0.237 e. The van der Waals surface area contributed by atoms with E-state index >= 15 is 0 Å². The zero-order valence-corrected chi connectivity index (χ0v) is 12.7. The Labute approximate surface area is 139 Å². The molecule has 2 aromatic rings. The summed E-state index contributed by atoms with van der Waals surface area (Å²) >= 11 is 0. The van der Waals surface area contributed by atoms with E-state index in [1.807, 2.05) is 0 Å². The average Bonchev–Trinajstić information content (AvgIpc) is 2.91. The van der Waals surface area contributed by atoms with Crippen molar-refractivity contribution in [1.82, 2.24) is 5.32 Å². The molecule has 1 heterocycles. The second kappa shape index (κ2) is 6.54. The van der Waals surface area contributed by atoms with Crippen molar-refractivity contribution in [3.8, 4) is 0 Å². The van der Waals surface area contributed by atoms with Gasteiger partial charge in [-0.1, -0.05) is 0 Å². The lowest BCUT2D eigenvalue weighted by Gasteiger charge is -2.17. The summed E-state index contributed by atoms with van der Waals surface area (Å²) in [5.41, 5.74) is -0.161. The number of hydrogen-bond donors (Lipinski definition) is 2. The van der Waals surface area contributed by atoms with Crippen LogP contribution in [0.15, 0.2) is 36.4 Å². The van der Waals surface area contributed by atoms with Crippen LogP contribution in [0.25, 0.3) is 0 Å². The Hall–Kier alpha value is -2.90. The molecule has 0 radical (unpaired) electrons. The van der Waals surface area contributed by atoms with Crippen LogP contribution in [0.2, 0.25) is 0 Å². The number of benzene rings is 2. The fourth-order valence-corrected chi connectivity index (χ4v) is 2.82. The Balaban J connectivity index is 1.87. The first-order valence-electron chi connectivity index (χ1n) is 7.35. The zero-order chi connectivity index (χ0) is 18.1. The van der Waals surface area contributed by atoms with Crippen molar-refractivity contribution in [2.45, 2.75) is 5.92 Å². The summed E-state index contributed by atoms with van der Waals surface area (Å²) in [5.74, 6) is -7.10. The van der Waals surface area contributed by atoms with Gasteiger partial charge < -0.3 is 10.6 Å². The Morgan fingerprint density at radius 1 is 1.00 bits per heavy atom. The predicted octanol–water partition coefficient (Wildman–Crippen LogP) is 2.71. The third kappa shape index (κ3) is 3.47. The van der Waals surface area contributed by atoms with Crippen LogP contribution in [0.5, 0.6) is 0 Å². The molecule has 2 N–H and O–H groups in total. The number of carbonyl (C=O) groups is 2. The lowest BCUT2D eigenvalue weighted by atomic mass is 9.87. The van der Waals surface area contributed by atoms with Crippen LogP contribution in [0.3, 0.4) is 0 Å². The molecule has 2 atom stereocenters. The molecule has 8 heteroatoms.